The van der Waals surface area contributed by atoms with Gasteiger partial charge in [0, 0.05) is 12.3 Å². The van der Waals surface area contributed by atoms with Crippen molar-refractivity contribution in [2.75, 3.05) is 7.05 Å². The molecule has 0 aliphatic heterocycles. The first-order chi connectivity index (χ1) is 11.6. The Labute approximate surface area is 154 Å². The maximum absolute atomic E-state index is 13.8. The first-order valence-electron chi connectivity index (χ1n) is 7.47. The monoisotopic (exact) mass is 394 g/mol. The third-order valence-electron chi connectivity index (χ3n) is 2.84. The van der Waals surface area contributed by atoms with Crippen LogP contribution in [-0.2, 0) is 11.2 Å². The van der Waals surface area contributed by atoms with E-state index in [9.17, 15) is 17.5 Å². The largest absolute Gasteiger partial charge is 0.443 e. The van der Waals surface area contributed by atoms with E-state index >= 15 is 0 Å². The number of benzene rings is 1. The minimum Gasteiger partial charge on any atom is -0.443 e. The van der Waals surface area contributed by atoms with Gasteiger partial charge in [-0.05, 0) is 38.8 Å². The van der Waals surface area contributed by atoms with E-state index in [4.69, 9.17) is 4.74 Å². The molecule has 0 spiro atoms. The van der Waals surface area contributed by atoms with E-state index in [0.29, 0.717) is 4.31 Å². The average Bonchev–Trinajstić information content (AvgIpc) is 2.49. The lowest BCUT2D eigenvalue weighted by Crippen LogP contribution is -2.35. The molecule has 4 nitrogen and oxygen atoms in total. The molecule has 1 rings (SSSR count). The van der Waals surface area contributed by atoms with Crippen LogP contribution in [0.25, 0.3) is 0 Å². The number of rotatable bonds is 4. The van der Waals surface area contributed by atoms with Gasteiger partial charge in [-0.2, -0.15) is 4.31 Å². The Hall–Kier alpha value is -1.35. The van der Waals surface area contributed by atoms with Gasteiger partial charge in [-0.15, -0.1) is 3.89 Å². The lowest BCUT2D eigenvalue weighted by molar-refractivity contribution is 0.0474. The normalized spacial score (nSPS) is 13.5. The zero-order valence-electron chi connectivity index (χ0n) is 14.7. The van der Waals surface area contributed by atoms with E-state index in [1.54, 1.807) is 27.7 Å². The molecule has 1 aromatic rings. The number of amidine groups is 1. The summed E-state index contributed by atoms with van der Waals surface area (Å²) in [5.41, 5.74) is -0.586. The second-order valence-electron chi connectivity index (χ2n) is 6.20. The Kier molecular flexibility index (Phi) is 8.14. The molecule has 0 saturated carbocycles. The first-order valence-corrected chi connectivity index (χ1v) is 9.02. The Morgan fingerprint density at radius 3 is 2.52 bits per heavy atom. The van der Waals surface area contributed by atoms with Crippen molar-refractivity contribution in [3.63, 3.8) is 0 Å². The van der Waals surface area contributed by atoms with Gasteiger partial charge in [-0.3, -0.25) is 4.99 Å². The number of aliphatic imine (C=N–C) groups is 1. The van der Waals surface area contributed by atoms with Crippen LogP contribution in [0.3, 0.4) is 0 Å². The van der Waals surface area contributed by atoms with E-state index in [1.165, 1.54) is 19.2 Å². The number of nitrogens with zero attached hydrogens (tertiary/aromatic N) is 2. The Morgan fingerprint density at radius 2 is 2.00 bits per heavy atom. The van der Waals surface area contributed by atoms with E-state index in [1.807, 2.05) is 0 Å². The Balaban J connectivity index is 2.82. The summed E-state index contributed by atoms with van der Waals surface area (Å²) in [7, 11) is 1.41. The molecule has 25 heavy (non-hydrogen) atoms. The van der Waals surface area contributed by atoms with E-state index in [2.05, 4.69) is 4.99 Å². The summed E-state index contributed by atoms with van der Waals surface area (Å²) in [5.74, 6) is -1.83. The van der Waals surface area contributed by atoms with Crippen molar-refractivity contribution in [2.24, 2.45) is 4.99 Å². The van der Waals surface area contributed by atoms with Gasteiger partial charge in [0.25, 0.3) is 0 Å². The summed E-state index contributed by atoms with van der Waals surface area (Å²) in [5, 5.41) is -0.210. The van der Waals surface area contributed by atoms with Gasteiger partial charge in [-0.1, -0.05) is 30.8 Å². The highest BCUT2D eigenvalue weighted by atomic mass is 32.2. The highest BCUT2D eigenvalue weighted by Gasteiger charge is 2.28. The molecule has 0 fully saturated rings. The molecule has 0 saturated heterocycles. The zero-order chi connectivity index (χ0) is 19.2. The fraction of sp³-hybridized carbons (Fsp3) is 0.500. The summed E-state index contributed by atoms with van der Waals surface area (Å²) in [6.45, 7) is 6.74. The van der Waals surface area contributed by atoms with Crippen LogP contribution in [0.2, 0.25) is 0 Å². The van der Waals surface area contributed by atoms with Crippen molar-refractivity contribution in [3.05, 3.63) is 35.4 Å². The molecule has 1 unspecified atom stereocenters. The molecule has 9 heteroatoms. The Morgan fingerprint density at radius 1 is 1.36 bits per heavy atom. The molecule has 0 bridgehead atoms. The first kappa shape index (κ1) is 21.7. The molecular formula is C16H21F3N2O2S2. The maximum Gasteiger partial charge on any atom is 0.428 e. The predicted octanol–water partition coefficient (Wildman–Crippen LogP) is 5.38. The fourth-order valence-electron chi connectivity index (χ4n) is 1.87. The average molecular weight is 394 g/mol. The predicted molar refractivity (Wildman–Crippen MR) is 97.2 cm³/mol. The van der Waals surface area contributed by atoms with Crippen LogP contribution in [0.1, 0.15) is 33.3 Å². The van der Waals surface area contributed by atoms with E-state index in [0.717, 1.165) is 17.8 Å². The molecule has 140 valence electrons. The molecule has 0 aromatic heterocycles. The van der Waals surface area contributed by atoms with Gasteiger partial charge in [0.2, 0.25) is 0 Å². The van der Waals surface area contributed by atoms with Gasteiger partial charge in [0.15, 0.2) is 29.1 Å². The highest BCUT2D eigenvalue weighted by molar-refractivity contribution is 8.15. The molecule has 0 radical (unpaired) electrons. The van der Waals surface area contributed by atoms with E-state index < -0.39 is 23.3 Å². The number of ether oxygens (including phenoxy) is 1. The van der Waals surface area contributed by atoms with Gasteiger partial charge >= 0.3 is 6.09 Å². The second-order valence-corrected chi connectivity index (χ2v) is 8.10. The van der Waals surface area contributed by atoms with Gasteiger partial charge in [0.05, 0.1) is 0 Å². The number of carbonyl (C=O) groups excluding carboxylic acids is 1. The summed E-state index contributed by atoms with van der Waals surface area (Å²) in [6, 6.07) is 3.94. The second kappa shape index (κ2) is 9.38. The smallest absolute Gasteiger partial charge is 0.428 e. The summed E-state index contributed by atoms with van der Waals surface area (Å²) in [4.78, 5) is 16.0. The summed E-state index contributed by atoms with van der Waals surface area (Å²) < 4.78 is 46.1. The highest BCUT2D eigenvalue weighted by Crippen LogP contribution is 2.27. The standard InChI is InChI=1S/C16H21F3N2O2S2/c1-10(9-11-7-6-8-12(17)13(11)18)24-14(20-5)21(25-19)15(22)23-16(2,3)4/h6-8,10H,9H2,1-5H3. The number of hydrogen-bond acceptors (Lipinski definition) is 5. The molecule has 0 N–H and O–H groups in total. The number of hydrogen-bond donors (Lipinski definition) is 0. The van der Waals surface area contributed by atoms with Crippen LogP contribution in [0.4, 0.5) is 17.5 Å². The lowest BCUT2D eigenvalue weighted by Gasteiger charge is -2.25. The van der Waals surface area contributed by atoms with Gasteiger partial charge in [-0.25, -0.2) is 13.6 Å². The summed E-state index contributed by atoms with van der Waals surface area (Å²) in [6.07, 6.45) is -0.705. The molecule has 0 aliphatic rings. The van der Waals surface area contributed by atoms with Gasteiger partial charge in [0.1, 0.15) is 5.60 Å². The molecule has 0 heterocycles. The minimum absolute atomic E-state index is 0.0751. The van der Waals surface area contributed by atoms with E-state index in [-0.39, 0.29) is 34.7 Å². The number of carbonyl (C=O) groups is 1. The zero-order valence-corrected chi connectivity index (χ0v) is 16.3. The maximum atomic E-state index is 13.8. The third-order valence-corrected chi connectivity index (χ3v) is 4.56. The molecule has 1 aromatic carbocycles. The number of thioether (sulfide) groups is 1. The Bertz CT molecular complexity index is 636. The van der Waals surface area contributed by atoms with Crippen molar-refractivity contribution in [2.45, 2.75) is 45.0 Å². The SMILES string of the molecule is CN=C(SC(C)Cc1cccc(F)c1F)N(SF)C(=O)OC(C)(C)C. The molecular weight excluding hydrogens is 373 g/mol. The van der Waals surface area contributed by atoms with Crippen LogP contribution < -0.4 is 0 Å². The summed E-state index contributed by atoms with van der Waals surface area (Å²) >= 11 is 0.745. The van der Waals surface area contributed by atoms with Crippen molar-refractivity contribution in [3.8, 4) is 0 Å². The van der Waals surface area contributed by atoms with Crippen LogP contribution in [0.5, 0.6) is 0 Å². The van der Waals surface area contributed by atoms with Crippen molar-refractivity contribution in [1.29, 1.82) is 0 Å². The molecule has 1 atom stereocenters. The molecule has 0 aliphatic carbocycles. The topological polar surface area (TPSA) is 41.9 Å². The van der Waals surface area contributed by atoms with Crippen LogP contribution >= 0.6 is 24.1 Å². The van der Waals surface area contributed by atoms with Crippen LogP contribution in [0, 0.1) is 11.6 Å². The fourth-order valence-corrected chi connectivity index (χ4v) is 3.21. The van der Waals surface area contributed by atoms with Gasteiger partial charge < -0.3 is 4.74 Å². The molecule has 1 amide bonds. The van der Waals surface area contributed by atoms with Crippen LogP contribution in [-0.4, -0.2) is 33.5 Å². The minimum atomic E-state index is -0.922. The van der Waals surface area contributed by atoms with Crippen molar-refractivity contribution >= 4 is 35.4 Å². The lowest BCUT2D eigenvalue weighted by atomic mass is 10.1. The number of halogens is 3. The van der Waals surface area contributed by atoms with Crippen molar-refractivity contribution < 1.29 is 22.2 Å². The number of amides is 1. The van der Waals surface area contributed by atoms with Crippen molar-refractivity contribution in [1.82, 2.24) is 4.31 Å². The quantitative estimate of drug-likeness (QED) is 0.390. The van der Waals surface area contributed by atoms with Crippen LogP contribution in [0.15, 0.2) is 23.2 Å². The third kappa shape index (κ3) is 6.81.